The van der Waals surface area contributed by atoms with E-state index in [9.17, 15) is 14.1 Å². The molecular weight excluding hydrogens is 434 g/mol. The summed E-state index contributed by atoms with van der Waals surface area (Å²) in [4.78, 5) is 11.5. The van der Waals surface area contributed by atoms with Gasteiger partial charge in [0, 0.05) is 17.5 Å². The monoisotopic (exact) mass is 463 g/mol. The van der Waals surface area contributed by atoms with Gasteiger partial charge in [0.25, 0.3) is 0 Å². The molecule has 2 aromatic rings. The van der Waals surface area contributed by atoms with Gasteiger partial charge in [-0.1, -0.05) is 6.07 Å². The number of methoxy groups -OCH3 is 4. The van der Waals surface area contributed by atoms with Crippen molar-refractivity contribution in [2.24, 2.45) is 0 Å². The molecule has 0 aromatic heterocycles. The van der Waals surface area contributed by atoms with Crippen molar-refractivity contribution in [2.45, 2.75) is 25.1 Å². The molecule has 1 unspecified atom stereocenters. The van der Waals surface area contributed by atoms with E-state index in [0.29, 0.717) is 34.2 Å². The van der Waals surface area contributed by atoms with E-state index in [2.05, 4.69) is 5.32 Å². The third-order valence-corrected chi connectivity index (χ3v) is 5.75. The van der Waals surface area contributed by atoms with Crippen LogP contribution in [0.5, 0.6) is 23.0 Å². The van der Waals surface area contributed by atoms with Crippen molar-refractivity contribution in [3.05, 3.63) is 46.9 Å². The Balaban J connectivity index is 2.26. The molecule has 2 N–H and O–H groups in total. The van der Waals surface area contributed by atoms with E-state index >= 15 is 0 Å². The highest BCUT2D eigenvalue weighted by Crippen LogP contribution is 2.35. The van der Waals surface area contributed by atoms with Crippen LogP contribution in [0.15, 0.2) is 35.7 Å². The fourth-order valence-corrected chi connectivity index (χ4v) is 3.78. The van der Waals surface area contributed by atoms with Gasteiger partial charge < -0.3 is 29.4 Å². The standard InChI is InChI=1S/C23H29NO7S/c1-23(2,22(25)26)24-18-11-15(7-8-19(18)29-4)14-32(27)10-9-17-20(30-5)12-16(28-3)13-21(17)31-6/h7-13,24H,14H2,1-6H3,(H,25,26)/b10-9+. The first-order valence-corrected chi connectivity index (χ1v) is 11.1. The Morgan fingerprint density at radius 1 is 1.00 bits per heavy atom. The number of carboxylic acid groups (broad SMARTS) is 1. The number of anilines is 1. The summed E-state index contributed by atoms with van der Waals surface area (Å²) < 4.78 is 34.1. The maximum atomic E-state index is 12.7. The van der Waals surface area contributed by atoms with Gasteiger partial charge in [-0.25, -0.2) is 4.79 Å². The summed E-state index contributed by atoms with van der Waals surface area (Å²) in [5.41, 5.74) is 0.708. The zero-order valence-electron chi connectivity index (χ0n) is 19.1. The summed E-state index contributed by atoms with van der Waals surface area (Å²) in [6.45, 7) is 3.11. The molecule has 0 aliphatic rings. The van der Waals surface area contributed by atoms with Crippen molar-refractivity contribution >= 4 is 28.5 Å². The minimum absolute atomic E-state index is 0.226. The van der Waals surface area contributed by atoms with Crippen LogP contribution in [0.1, 0.15) is 25.0 Å². The molecule has 9 heteroatoms. The fourth-order valence-electron chi connectivity index (χ4n) is 2.89. The third kappa shape index (κ3) is 6.16. The molecule has 0 fully saturated rings. The predicted octanol–water partition coefficient (Wildman–Crippen LogP) is 3.92. The van der Waals surface area contributed by atoms with E-state index in [1.54, 1.807) is 62.8 Å². The highest BCUT2D eigenvalue weighted by molar-refractivity contribution is 7.87. The molecule has 2 rings (SSSR count). The number of benzene rings is 2. The van der Waals surface area contributed by atoms with Crippen LogP contribution >= 0.6 is 0 Å². The second kappa shape index (κ2) is 10.9. The first-order chi connectivity index (χ1) is 15.1. The van der Waals surface area contributed by atoms with Crippen LogP contribution in [-0.2, 0) is 21.3 Å². The van der Waals surface area contributed by atoms with Crippen LogP contribution in [0.25, 0.3) is 6.08 Å². The largest absolute Gasteiger partial charge is 0.496 e. The second-order valence-corrected chi connectivity index (χ2v) is 8.69. The maximum Gasteiger partial charge on any atom is 0.328 e. The van der Waals surface area contributed by atoms with Crippen molar-refractivity contribution in [3.63, 3.8) is 0 Å². The summed E-state index contributed by atoms with van der Waals surface area (Å²) in [6, 6.07) is 8.68. The Kier molecular flexibility index (Phi) is 8.54. The van der Waals surface area contributed by atoms with Gasteiger partial charge >= 0.3 is 5.97 Å². The minimum Gasteiger partial charge on any atom is -0.496 e. The van der Waals surface area contributed by atoms with Crippen LogP contribution < -0.4 is 24.3 Å². The van der Waals surface area contributed by atoms with Crippen LogP contribution in [-0.4, -0.2) is 49.3 Å². The Hall–Kier alpha value is -3.20. The Morgan fingerprint density at radius 2 is 1.59 bits per heavy atom. The molecule has 1 atom stereocenters. The van der Waals surface area contributed by atoms with Crippen molar-refractivity contribution in [1.82, 2.24) is 0 Å². The first-order valence-electron chi connectivity index (χ1n) is 9.69. The number of carbonyl (C=O) groups is 1. The molecule has 0 radical (unpaired) electrons. The Morgan fingerprint density at radius 3 is 2.09 bits per heavy atom. The van der Waals surface area contributed by atoms with Crippen LogP contribution in [0.3, 0.4) is 0 Å². The molecular formula is C23H29NO7S. The zero-order valence-corrected chi connectivity index (χ0v) is 19.9. The number of carboxylic acids is 1. The first kappa shape index (κ1) is 25.1. The molecule has 0 aliphatic heterocycles. The van der Waals surface area contributed by atoms with Crippen molar-refractivity contribution in [2.75, 3.05) is 33.8 Å². The Labute approximate surface area is 190 Å². The molecule has 0 saturated heterocycles. The Bertz CT molecular complexity index is 992. The predicted molar refractivity (Wildman–Crippen MR) is 125 cm³/mol. The number of ether oxygens (including phenoxy) is 4. The molecule has 0 heterocycles. The summed E-state index contributed by atoms with van der Waals surface area (Å²) in [7, 11) is 4.77. The normalized spacial score (nSPS) is 12.3. The lowest BCUT2D eigenvalue weighted by Gasteiger charge is -2.24. The van der Waals surface area contributed by atoms with Crippen LogP contribution in [0.2, 0.25) is 0 Å². The quantitative estimate of drug-likeness (QED) is 0.517. The van der Waals surface area contributed by atoms with Crippen molar-refractivity contribution < 1.29 is 33.1 Å². The summed E-state index contributed by atoms with van der Waals surface area (Å²) >= 11 is 0. The van der Waals surface area contributed by atoms with Crippen LogP contribution in [0, 0.1) is 0 Å². The summed E-state index contributed by atoms with van der Waals surface area (Å²) in [6.07, 6.45) is 1.68. The molecule has 0 bridgehead atoms. The van der Waals surface area contributed by atoms with E-state index in [1.165, 1.54) is 21.3 Å². The molecule has 32 heavy (non-hydrogen) atoms. The van der Waals surface area contributed by atoms with Crippen LogP contribution in [0.4, 0.5) is 5.69 Å². The van der Waals surface area contributed by atoms with Gasteiger partial charge in [0.15, 0.2) is 0 Å². The molecule has 8 nitrogen and oxygen atoms in total. The van der Waals surface area contributed by atoms with Gasteiger partial charge in [-0.2, -0.15) is 0 Å². The topological polar surface area (TPSA) is 103 Å². The van der Waals surface area contributed by atoms with Gasteiger partial charge in [0.2, 0.25) is 0 Å². The van der Waals surface area contributed by atoms with Crippen molar-refractivity contribution in [1.29, 1.82) is 0 Å². The average Bonchev–Trinajstić information content (AvgIpc) is 2.76. The average molecular weight is 464 g/mol. The highest BCUT2D eigenvalue weighted by atomic mass is 32.2. The highest BCUT2D eigenvalue weighted by Gasteiger charge is 2.28. The van der Waals surface area contributed by atoms with Crippen molar-refractivity contribution in [3.8, 4) is 23.0 Å². The molecule has 174 valence electrons. The van der Waals surface area contributed by atoms with Gasteiger partial charge in [-0.3, -0.25) is 4.21 Å². The fraction of sp³-hybridized carbons (Fsp3) is 0.348. The number of aliphatic carboxylic acids is 1. The van der Waals surface area contributed by atoms with E-state index in [0.717, 1.165) is 5.56 Å². The summed E-state index contributed by atoms with van der Waals surface area (Å²) in [5, 5.41) is 13.9. The van der Waals surface area contributed by atoms with E-state index in [4.69, 9.17) is 18.9 Å². The lowest BCUT2D eigenvalue weighted by Crippen LogP contribution is -2.40. The van der Waals surface area contributed by atoms with Gasteiger partial charge in [0.05, 0.1) is 56.2 Å². The summed E-state index contributed by atoms with van der Waals surface area (Å²) in [5.74, 6) is 1.36. The van der Waals surface area contributed by atoms with Gasteiger partial charge in [-0.15, -0.1) is 0 Å². The lowest BCUT2D eigenvalue weighted by atomic mass is 10.0. The SMILES string of the molecule is COc1cc(OC)c(/C=C/S(=O)Cc2ccc(OC)c(NC(C)(C)C(=O)O)c2)c(OC)c1. The molecule has 0 amide bonds. The number of hydrogen-bond donors (Lipinski definition) is 2. The smallest absolute Gasteiger partial charge is 0.328 e. The maximum absolute atomic E-state index is 12.7. The van der Waals surface area contributed by atoms with E-state index in [-0.39, 0.29) is 5.75 Å². The molecule has 0 saturated carbocycles. The molecule has 0 aliphatic carbocycles. The van der Waals surface area contributed by atoms with Gasteiger partial charge in [0.1, 0.15) is 28.5 Å². The number of hydrogen-bond acceptors (Lipinski definition) is 7. The zero-order chi connectivity index (χ0) is 23.9. The minimum atomic E-state index is -1.36. The second-order valence-electron chi connectivity index (χ2n) is 7.36. The number of nitrogens with one attached hydrogen (secondary N) is 1. The lowest BCUT2D eigenvalue weighted by molar-refractivity contribution is -0.141. The molecule has 0 spiro atoms. The van der Waals surface area contributed by atoms with Gasteiger partial charge in [-0.05, 0) is 37.6 Å². The van der Waals surface area contributed by atoms with E-state index < -0.39 is 22.3 Å². The molecule has 2 aromatic carbocycles. The number of rotatable bonds is 11. The van der Waals surface area contributed by atoms with E-state index in [1.807, 2.05) is 0 Å². The third-order valence-electron chi connectivity index (χ3n) is 4.69.